The third-order valence-corrected chi connectivity index (χ3v) is 4.51. The number of sulfonamides is 2. The third-order valence-electron chi connectivity index (χ3n) is 2.23. The summed E-state index contributed by atoms with van der Waals surface area (Å²) >= 11 is 0. The summed E-state index contributed by atoms with van der Waals surface area (Å²) < 4.78 is 51.0. The lowest BCUT2D eigenvalue weighted by atomic mass is 10.1. The summed E-state index contributed by atoms with van der Waals surface area (Å²) in [6.45, 7) is 2.96. The van der Waals surface area contributed by atoms with Gasteiger partial charge in [-0.05, 0) is 13.8 Å². The van der Waals surface area contributed by atoms with Gasteiger partial charge < -0.3 is 0 Å². The highest BCUT2D eigenvalue weighted by Crippen LogP contribution is 2.09. The van der Waals surface area contributed by atoms with Gasteiger partial charge in [0.1, 0.15) is 4.90 Å². The molecule has 0 saturated carbocycles. The molecule has 0 aliphatic rings. The Hall–Kier alpha value is -1.34. The first kappa shape index (κ1) is 17.7. The van der Waals surface area contributed by atoms with E-state index in [1.165, 1.54) is 0 Å². The molecule has 1 aromatic heterocycles. The minimum absolute atomic E-state index is 0.0769. The van der Waals surface area contributed by atoms with Crippen molar-refractivity contribution in [1.29, 1.82) is 0 Å². The largest absolute Gasteiger partial charge is 0.292 e. The summed E-state index contributed by atoms with van der Waals surface area (Å²) in [4.78, 5) is 7.22. The molecule has 0 fully saturated rings. The van der Waals surface area contributed by atoms with Crippen LogP contribution in [0.25, 0.3) is 0 Å². The van der Waals surface area contributed by atoms with Gasteiger partial charge in [0.25, 0.3) is 0 Å². The molecular formula is C9H18N6O4S2. The molecule has 10 nitrogen and oxygen atoms in total. The molecular weight excluding hydrogens is 320 g/mol. The Bertz CT molecular complexity index is 683. The highest BCUT2D eigenvalue weighted by atomic mass is 32.2. The molecule has 0 unspecified atom stereocenters. The van der Waals surface area contributed by atoms with Crippen LogP contribution in [-0.4, -0.2) is 45.1 Å². The number of hydrazine groups is 1. The van der Waals surface area contributed by atoms with Crippen LogP contribution < -0.4 is 20.7 Å². The highest BCUT2D eigenvalue weighted by Gasteiger charge is 2.25. The Kier molecular flexibility index (Phi) is 5.22. The van der Waals surface area contributed by atoms with E-state index in [4.69, 9.17) is 5.84 Å². The Morgan fingerprint density at radius 3 is 2.14 bits per heavy atom. The van der Waals surface area contributed by atoms with Gasteiger partial charge in [0, 0.05) is 12.1 Å². The van der Waals surface area contributed by atoms with Gasteiger partial charge in [-0.15, -0.1) is 0 Å². The van der Waals surface area contributed by atoms with Crippen LogP contribution in [0.5, 0.6) is 0 Å². The van der Waals surface area contributed by atoms with Crippen molar-refractivity contribution in [1.82, 2.24) is 19.4 Å². The molecule has 0 amide bonds. The second kappa shape index (κ2) is 6.19. The number of anilines is 1. The van der Waals surface area contributed by atoms with Crippen molar-refractivity contribution in [2.45, 2.75) is 24.3 Å². The van der Waals surface area contributed by atoms with Crippen LogP contribution in [0.4, 0.5) is 5.95 Å². The van der Waals surface area contributed by atoms with Crippen molar-refractivity contribution in [3.63, 3.8) is 0 Å². The summed E-state index contributed by atoms with van der Waals surface area (Å²) in [5, 5.41) is 0. The topological polar surface area (TPSA) is 156 Å². The average Bonchev–Trinajstić information content (AvgIpc) is 2.34. The Morgan fingerprint density at radius 1 is 1.19 bits per heavy atom. The molecule has 0 saturated heterocycles. The number of hydrogen-bond acceptors (Lipinski definition) is 8. The highest BCUT2D eigenvalue weighted by molar-refractivity contribution is 7.89. The third kappa shape index (κ3) is 5.89. The fraction of sp³-hybridized carbons (Fsp3) is 0.556. The summed E-state index contributed by atoms with van der Waals surface area (Å²) in [5.74, 6) is 5.16. The van der Waals surface area contributed by atoms with Gasteiger partial charge in [-0.25, -0.2) is 42.1 Å². The second-order valence-electron chi connectivity index (χ2n) is 4.97. The number of rotatable bonds is 7. The number of aromatic nitrogens is 2. The zero-order valence-electron chi connectivity index (χ0n) is 11.8. The molecule has 12 heteroatoms. The maximum Gasteiger partial charge on any atom is 0.243 e. The molecule has 1 rings (SSSR count). The molecule has 0 aliphatic heterocycles. The van der Waals surface area contributed by atoms with E-state index in [9.17, 15) is 16.8 Å². The molecule has 0 aliphatic carbocycles. The minimum atomic E-state index is -3.85. The number of hydrogen-bond donors (Lipinski definition) is 4. The lowest BCUT2D eigenvalue weighted by molar-refractivity contribution is 0.446. The quantitative estimate of drug-likeness (QED) is 0.341. The van der Waals surface area contributed by atoms with Crippen LogP contribution in [0.1, 0.15) is 13.8 Å². The predicted molar refractivity (Wildman–Crippen MR) is 77.1 cm³/mol. The molecule has 0 atom stereocenters. The van der Waals surface area contributed by atoms with Crippen LogP contribution in [0.15, 0.2) is 17.3 Å². The number of nitrogens with zero attached hydrogens (tertiary/aromatic N) is 2. The fourth-order valence-corrected chi connectivity index (χ4v) is 3.60. The Balaban J connectivity index is 2.81. The molecule has 0 aromatic carbocycles. The number of nitrogen functional groups attached to an aromatic ring is 1. The number of nitrogens with two attached hydrogens (primary N) is 1. The van der Waals surface area contributed by atoms with E-state index < -0.39 is 25.6 Å². The zero-order chi connectivity index (χ0) is 16.3. The summed E-state index contributed by atoms with van der Waals surface area (Å²) in [5.41, 5.74) is 1.19. The van der Waals surface area contributed by atoms with Gasteiger partial charge in [0.15, 0.2) is 0 Å². The Morgan fingerprint density at radius 2 is 1.71 bits per heavy atom. The van der Waals surface area contributed by atoms with E-state index in [0.717, 1.165) is 18.6 Å². The van der Waals surface area contributed by atoms with Crippen molar-refractivity contribution in [3.8, 4) is 0 Å². The van der Waals surface area contributed by atoms with E-state index >= 15 is 0 Å². The standard InChI is InChI=1S/C9H18N6O4S2/c1-9(2,15-20(3,16)17)6-13-21(18,19)7-4-11-8(14-10)12-5-7/h4-5,13,15H,6,10H2,1-3H3,(H,11,12,14). The van der Waals surface area contributed by atoms with Crippen molar-refractivity contribution in [2.75, 3.05) is 18.2 Å². The smallest absolute Gasteiger partial charge is 0.243 e. The molecule has 5 N–H and O–H groups in total. The first-order chi connectivity index (χ1) is 9.45. The molecule has 1 aromatic rings. The van der Waals surface area contributed by atoms with Crippen molar-refractivity contribution < 1.29 is 16.8 Å². The average molecular weight is 338 g/mol. The van der Waals surface area contributed by atoms with Gasteiger partial charge in [-0.3, -0.25) is 5.43 Å². The first-order valence-corrected chi connectivity index (χ1v) is 9.10. The lowest BCUT2D eigenvalue weighted by Crippen LogP contribution is -2.50. The fourth-order valence-electron chi connectivity index (χ4n) is 1.43. The molecule has 21 heavy (non-hydrogen) atoms. The molecule has 1 heterocycles. The second-order valence-corrected chi connectivity index (χ2v) is 8.48. The van der Waals surface area contributed by atoms with Crippen LogP contribution in [0.2, 0.25) is 0 Å². The molecule has 120 valence electrons. The van der Waals surface area contributed by atoms with E-state index in [-0.39, 0.29) is 17.4 Å². The monoisotopic (exact) mass is 338 g/mol. The Labute approximate surface area is 123 Å². The SMILES string of the molecule is CC(C)(CNS(=O)(=O)c1cnc(NN)nc1)NS(C)(=O)=O. The molecule has 0 radical (unpaired) electrons. The molecule has 0 spiro atoms. The van der Waals surface area contributed by atoms with Gasteiger partial charge in [-0.2, -0.15) is 0 Å². The maximum atomic E-state index is 12.0. The van der Waals surface area contributed by atoms with Crippen LogP contribution in [0.3, 0.4) is 0 Å². The van der Waals surface area contributed by atoms with E-state index in [0.29, 0.717) is 0 Å². The number of nitrogens with one attached hydrogen (secondary N) is 3. The predicted octanol–water partition coefficient (Wildman–Crippen LogP) is -1.63. The minimum Gasteiger partial charge on any atom is -0.292 e. The zero-order valence-corrected chi connectivity index (χ0v) is 13.4. The van der Waals surface area contributed by atoms with E-state index in [1.807, 2.05) is 0 Å². The van der Waals surface area contributed by atoms with Crippen LogP contribution in [0, 0.1) is 0 Å². The lowest BCUT2D eigenvalue weighted by Gasteiger charge is -2.25. The van der Waals surface area contributed by atoms with Crippen molar-refractivity contribution in [2.24, 2.45) is 5.84 Å². The van der Waals surface area contributed by atoms with Crippen LogP contribution in [-0.2, 0) is 20.0 Å². The van der Waals surface area contributed by atoms with Gasteiger partial charge >= 0.3 is 0 Å². The maximum absolute atomic E-state index is 12.0. The first-order valence-electron chi connectivity index (χ1n) is 5.72. The summed E-state index contributed by atoms with van der Waals surface area (Å²) in [6, 6.07) is 0. The van der Waals surface area contributed by atoms with Gasteiger partial charge in [-0.1, -0.05) is 0 Å². The van der Waals surface area contributed by atoms with Crippen molar-refractivity contribution in [3.05, 3.63) is 12.4 Å². The van der Waals surface area contributed by atoms with Gasteiger partial charge in [0.05, 0.1) is 18.6 Å². The van der Waals surface area contributed by atoms with E-state index in [2.05, 4.69) is 24.8 Å². The van der Waals surface area contributed by atoms with E-state index in [1.54, 1.807) is 13.8 Å². The molecule has 0 bridgehead atoms. The summed E-state index contributed by atoms with van der Waals surface area (Å²) in [7, 11) is -7.31. The van der Waals surface area contributed by atoms with Crippen LogP contribution >= 0.6 is 0 Å². The summed E-state index contributed by atoms with van der Waals surface area (Å²) in [6.07, 6.45) is 3.17. The van der Waals surface area contributed by atoms with Crippen molar-refractivity contribution >= 4 is 26.0 Å². The normalized spacial score (nSPS) is 13.1. The van der Waals surface area contributed by atoms with Gasteiger partial charge in [0.2, 0.25) is 26.0 Å².